The molecule has 0 spiro atoms. The third-order valence-corrected chi connectivity index (χ3v) is 5.15. The molecule has 0 aliphatic heterocycles. The smallest absolute Gasteiger partial charge is 0.258 e. The Kier molecular flexibility index (Phi) is 5.33. The summed E-state index contributed by atoms with van der Waals surface area (Å²) < 4.78 is 5.65. The predicted molar refractivity (Wildman–Crippen MR) is 107 cm³/mol. The van der Waals surface area contributed by atoms with Crippen molar-refractivity contribution in [3.05, 3.63) is 65.2 Å². The minimum Gasteiger partial charge on any atom is -0.493 e. The van der Waals surface area contributed by atoms with Crippen LogP contribution in [0.4, 0.5) is 0 Å². The van der Waals surface area contributed by atoms with Crippen molar-refractivity contribution in [3.8, 4) is 5.75 Å². The Balaban J connectivity index is 1.48. The summed E-state index contributed by atoms with van der Waals surface area (Å²) in [7, 11) is 0. The quantitative estimate of drug-likeness (QED) is 0.760. The van der Waals surface area contributed by atoms with E-state index in [1.807, 2.05) is 60.4 Å². The first-order valence-corrected chi connectivity index (χ1v) is 10.1. The number of carbonyl (C=O) groups is 2. The molecule has 146 valence electrons. The van der Waals surface area contributed by atoms with Gasteiger partial charge in [0, 0.05) is 24.2 Å². The van der Waals surface area contributed by atoms with Gasteiger partial charge in [0.05, 0.1) is 12.2 Å². The van der Waals surface area contributed by atoms with Crippen molar-refractivity contribution >= 4 is 11.8 Å². The molecule has 2 aromatic rings. The summed E-state index contributed by atoms with van der Waals surface area (Å²) in [5.41, 5.74) is 2.30. The summed E-state index contributed by atoms with van der Waals surface area (Å²) in [6, 6.07) is 15.6. The molecule has 2 fully saturated rings. The Morgan fingerprint density at radius 1 is 1.04 bits per heavy atom. The Hall–Kier alpha value is -2.82. The van der Waals surface area contributed by atoms with Crippen LogP contribution in [-0.2, 0) is 6.54 Å². The fourth-order valence-electron chi connectivity index (χ4n) is 3.29. The summed E-state index contributed by atoms with van der Waals surface area (Å²) in [5.74, 6) is 0.615. The van der Waals surface area contributed by atoms with Gasteiger partial charge >= 0.3 is 0 Å². The molecule has 0 atom stereocenters. The van der Waals surface area contributed by atoms with Gasteiger partial charge in [0.1, 0.15) is 5.75 Å². The van der Waals surface area contributed by atoms with Gasteiger partial charge in [-0.05, 0) is 62.4 Å². The molecule has 5 nitrogen and oxygen atoms in total. The number of benzene rings is 2. The van der Waals surface area contributed by atoms with Crippen LogP contribution in [0.5, 0.6) is 5.75 Å². The molecule has 4 rings (SSSR count). The van der Waals surface area contributed by atoms with E-state index >= 15 is 0 Å². The maximum Gasteiger partial charge on any atom is 0.258 e. The van der Waals surface area contributed by atoms with Crippen molar-refractivity contribution < 1.29 is 14.3 Å². The highest BCUT2D eigenvalue weighted by Gasteiger charge is 2.34. The van der Waals surface area contributed by atoms with Crippen molar-refractivity contribution in [1.29, 1.82) is 0 Å². The highest BCUT2D eigenvalue weighted by molar-refractivity contribution is 5.97. The lowest BCUT2D eigenvalue weighted by atomic mass is 10.1. The van der Waals surface area contributed by atoms with E-state index < -0.39 is 0 Å². The van der Waals surface area contributed by atoms with E-state index in [0.29, 0.717) is 36.1 Å². The van der Waals surface area contributed by atoms with Crippen LogP contribution in [0, 0.1) is 0 Å². The van der Waals surface area contributed by atoms with E-state index in [-0.39, 0.29) is 17.9 Å². The summed E-state index contributed by atoms with van der Waals surface area (Å²) in [4.78, 5) is 27.3. The van der Waals surface area contributed by atoms with Gasteiger partial charge in [0.15, 0.2) is 0 Å². The molecule has 0 heterocycles. The van der Waals surface area contributed by atoms with Gasteiger partial charge in [0.25, 0.3) is 11.8 Å². The minimum atomic E-state index is -0.0187. The Bertz CT molecular complexity index is 854. The molecular weight excluding hydrogens is 352 g/mol. The van der Waals surface area contributed by atoms with Crippen LogP contribution >= 0.6 is 0 Å². The Morgan fingerprint density at radius 3 is 2.39 bits per heavy atom. The highest BCUT2D eigenvalue weighted by Crippen LogP contribution is 2.32. The molecular formula is C23H26N2O3. The number of rotatable bonds is 8. The monoisotopic (exact) mass is 378 g/mol. The Morgan fingerprint density at radius 2 is 1.75 bits per heavy atom. The van der Waals surface area contributed by atoms with Gasteiger partial charge in [0.2, 0.25) is 0 Å². The average molecular weight is 378 g/mol. The fourth-order valence-corrected chi connectivity index (χ4v) is 3.29. The molecule has 0 saturated heterocycles. The normalized spacial score (nSPS) is 15.8. The average Bonchev–Trinajstić information content (AvgIpc) is 3.61. The number of hydrogen-bond donors (Lipinski definition) is 1. The second-order valence-corrected chi connectivity index (χ2v) is 7.54. The van der Waals surface area contributed by atoms with Gasteiger partial charge in [-0.1, -0.05) is 24.3 Å². The molecule has 2 aliphatic carbocycles. The zero-order chi connectivity index (χ0) is 19.5. The van der Waals surface area contributed by atoms with E-state index in [1.54, 1.807) is 0 Å². The second-order valence-electron chi connectivity index (χ2n) is 7.54. The first-order valence-electron chi connectivity index (χ1n) is 10.1. The van der Waals surface area contributed by atoms with Gasteiger partial charge in [-0.25, -0.2) is 0 Å². The maximum absolute atomic E-state index is 13.2. The van der Waals surface area contributed by atoms with Crippen LogP contribution in [0.15, 0.2) is 48.5 Å². The van der Waals surface area contributed by atoms with Gasteiger partial charge < -0.3 is 15.0 Å². The van der Waals surface area contributed by atoms with Crippen molar-refractivity contribution in [2.75, 3.05) is 6.61 Å². The standard InChI is InChI=1S/C23H26N2O3/c1-2-28-21-6-4-3-5-20(21)23(27)25(19-13-14-19)15-16-7-9-17(10-8-16)22(26)24-18-11-12-18/h3-10,18-19H,2,11-15H2,1H3,(H,24,26). The molecule has 5 heteroatoms. The summed E-state index contributed by atoms with van der Waals surface area (Å²) in [5, 5.41) is 3.00. The summed E-state index contributed by atoms with van der Waals surface area (Å²) in [6.07, 6.45) is 4.21. The van der Waals surface area contributed by atoms with Crippen LogP contribution in [0.2, 0.25) is 0 Å². The van der Waals surface area contributed by atoms with Gasteiger partial charge in [-0.15, -0.1) is 0 Å². The topological polar surface area (TPSA) is 58.6 Å². The fraction of sp³-hybridized carbons (Fsp3) is 0.391. The first kappa shape index (κ1) is 18.5. The number of amides is 2. The third kappa shape index (κ3) is 4.35. The molecule has 2 aliphatic rings. The largest absolute Gasteiger partial charge is 0.493 e. The number of carbonyl (C=O) groups excluding carboxylic acids is 2. The first-order chi connectivity index (χ1) is 13.7. The van der Waals surface area contributed by atoms with Crippen molar-refractivity contribution in [2.24, 2.45) is 0 Å². The van der Waals surface area contributed by atoms with Crippen LogP contribution in [0.1, 0.15) is 58.9 Å². The van der Waals surface area contributed by atoms with Crippen LogP contribution in [-0.4, -0.2) is 35.4 Å². The van der Waals surface area contributed by atoms with Crippen LogP contribution in [0.3, 0.4) is 0 Å². The van der Waals surface area contributed by atoms with Crippen LogP contribution in [0.25, 0.3) is 0 Å². The number of nitrogens with zero attached hydrogens (tertiary/aromatic N) is 1. The zero-order valence-electron chi connectivity index (χ0n) is 16.2. The van der Waals surface area contributed by atoms with E-state index in [0.717, 1.165) is 31.2 Å². The van der Waals surface area contributed by atoms with Gasteiger partial charge in [-0.2, -0.15) is 0 Å². The van der Waals surface area contributed by atoms with E-state index in [1.165, 1.54) is 0 Å². The SMILES string of the molecule is CCOc1ccccc1C(=O)N(Cc1ccc(C(=O)NC2CC2)cc1)C1CC1. The number of nitrogens with one attached hydrogen (secondary N) is 1. The zero-order valence-corrected chi connectivity index (χ0v) is 16.2. The molecule has 0 bridgehead atoms. The molecule has 2 saturated carbocycles. The lowest BCUT2D eigenvalue weighted by Gasteiger charge is -2.24. The molecule has 2 amide bonds. The van der Waals surface area contributed by atoms with Gasteiger partial charge in [-0.3, -0.25) is 9.59 Å². The number of hydrogen-bond acceptors (Lipinski definition) is 3. The van der Waals surface area contributed by atoms with E-state index in [9.17, 15) is 9.59 Å². The lowest BCUT2D eigenvalue weighted by Crippen LogP contribution is -2.33. The lowest BCUT2D eigenvalue weighted by molar-refractivity contribution is 0.0725. The molecule has 0 radical (unpaired) electrons. The predicted octanol–water partition coefficient (Wildman–Crippen LogP) is 3.78. The van der Waals surface area contributed by atoms with E-state index in [4.69, 9.17) is 4.74 Å². The summed E-state index contributed by atoms with van der Waals surface area (Å²) >= 11 is 0. The van der Waals surface area contributed by atoms with Crippen LogP contribution < -0.4 is 10.1 Å². The minimum absolute atomic E-state index is 0.00195. The van der Waals surface area contributed by atoms with Crippen molar-refractivity contribution in [2.45, 2.75) is 51.2 Å². The van der Waals surface area contributed by atoms with Crippen molar-refractivity contribution in [3.63, 3.8) is 0 Å². The summed E-state index contributed by atoms with van der Waals surface area (Å²) in [6.45, 7) is 2.98. The molecule has 2 aromatic carbocycles. The van der Waals surface area contributed by atoms with Crippen molar-refractivity contribution in [1.82, 2.24) is 10.2 Å². The maximum atomic E-state index is 13.2. The molecule has 28 heavy (non-hydrogen) atoms. The highest BCUT2D eigenvalue weighted by atomic mass is 16.5. The number of para-hydroxylation sites is 1. The number of ether oxygens (including phenoxy) is 1. The molecule has 0 aromatic heterocycles. The molecule has 1 N–H and O–H groups in total. The van der Waals surface area contributed by atoms with E-state index in [2.05, 4.69) is 5.32 Å². The molecule has 0 unspecified atom stereocenters. The Labute approximate surface area is 165 Å². The second kappa shape index (κ2) is 8.05. The third-order valence-electron chi connectivity index (χ3n) is 5.15.